The molecule has 1 aromatic heterocycles. The molecule has 1 saturated heterocycles. The van der Waals surface area contributed by atoms with Crippen LogP contribution < -0.4 is 10.6 Å². The Morgan fingerprint density at radius 2 is 2.05 bits per heavy atom. The highest BCUT2D eigenvalue weighted by Crippen LogP contribution is 2.16. The second-order valence-electron chi connectivity index (χ2n) is 5.17. The van der Waals surface area contributed by atoms with Gasteiger partial charge in [0, 0.05) is 19.2 Å². The standard InChI is InChI=1S/C15H18N4O/c20-15(7-12-8-16-9-12)17-10-11-1-3-13(4-2-11)14-5-6-18-19-14/h1-6,12,16H,7-10H2,(H,17,20)(H,18,19). The number of hydrogen-bond donors (Lipinski definition) is 3. The normalized spacial score (nSPS) is 14.8. The van der Waals surface area contributed by atoms with Gasteiger partial charge in [-0.05, 0) is 36.2 Å². The van der Waals surface area contributed by atoms with Crippen LogP contribution in [0.2, 0.25) is 0 Å². The Kier molecular flexibility index (Phi) is 3.78. The van der Waals surface area contributed by atoms with Crippen molar-refractivity contribution in [3.8, 4) is 11.3 Å². The van der Waals surface area contributed by atoms with Gasteiger partial charge >= 0.3 is 0 Å². The summed E-state index contributed by atoms with van der Waals surface area (Å²) >= 11 is 0. The Labute approximate surface area is 117 Å². The summed E-state index contributed by atoms with van der Waals surface area (Å²) in [6.45, 7) is 2.51. The van der Waals surface area contributed by atoms with E-state index in [0.29, 0.717) is 18.9 Å². The molecule has 1 aromatic carbocycles. The van der Waals surface area contributed by atoms with Gasteiger partial charge in [0.1, 0.15) is 0 Å². The molecule has 1 fully saturated rings. The van der Waals surface area contributed by atoms with Crippen LogP contribution >= 0.6 is 0 Å². The molecule has 5 nitrogen and oxygen atoms in total. The number of carbonyl (C=O) groups is 1. The van der Waals surface area contributed by atoms with Gasteiger partial charge in [-0.25, -0.2) is 0 Å². The molecule has 3 N–H and O–H groups in total. The molecule has 0 saturated carbocycles. The van der Waals surface area contributed by atoms with Gasteiger partial charge in [-0.2, -0.15) is 5.10 Å². The zero-order chi connectivity index (χ0) is 13.8. The monoisotopic (exact) mass is 270 g/mol. The maximum atomic E-state index is 11.7. The maximum Gasteiger partial charge on any atom is 0.220 e. The quantitative estimate of drug-likeness (QED) is 0.767. The summed E-state index contributed by atoms with van der Waals surface area (Å²) in [7, 11) is 0. The third-order valence-corrected chi connectivity index (χ3v) is 3.60. The molecule has 0 atom stereocenters. The van der Waals surface area contributed by atoms with Gasteiger partial charge in [-0.1, -0.05) is 24.3 Å². The van der Waals surface area contributed by atoms with Crippen LogP contribution in [-0.2, 0) is 11.3 Å². The fraction of sp³-hybridized carbons (Fsp3) is 0.333. The SMILES string of the molecule is O=C(CC1CNC1)NCc1ccc(-c2ccn[nH]2)cc1. The van der Waals surface area contributed by atoms with Gasteiger partial charge in [0.05, 0.1) is 5.69 Å². The van der Waals surface area contributed by atoms with E-state index in [-0.39, 0.29) is 5.91 Å². The van der Waals surface area contributed by atoms with Crippen molar-refractivity contribution < 1.29 is 4.79 Å². The summed E-state index contributed by atoms with van der Waals surface area (Å²) in [5, 5.41) is 13.0. The number of nitrogens with one attached hydrogen (secondary N) is 3. The number of nitrogens with zero attached hydrogens (tertiary/aromatic N) is 1. The lowest BCUT2D eigenvalue weighted by atomic mass is 9.99. The van der Waals surface area contributed by atoms with Crippen LogP contribution in [0.15, 0.2) is 36.5 Å². The van der Waals surface area contributed by atoms with Gasteiger partial charge in [0.25, 0.3) is 0 Å². The highest BCUT2D eigenvalue weighted by molar-refractivity contribution is 5.76. The van der Waals surface area contributed by atoms with E-state index in [9.17, 15) is 4.79 Å². The zero-order valence-electron chi connectivity index (χ0n) is 11.2. The molecule has 0 aliphatic carbocycles. The number of aromatic amines is 1. The Morgan fingerprint density at radius 3 is 2.65 bits per heavy atom. The lowest BCUT2D eigenvalue weighted by Crippen LogP contribution is -2.44. The van der Waals surface area contributed by atoms with Crippen molar-refractivity contribution in [1.29, 1.82) is 0 Å². The van der Waals surface area contributed by atoms with Gasteiger partial charge < -0.3 is 10.6 Å². The summed E-state index contributed by atoms with van der Waals surface area (Å²) in [5.74, 6) is 0.645. The molecular formula is C15H18N4O. The van der Waals surface area contributed by atoms with Crippen molar-refractivity contribution in [2.24, 2.45) is 5.92 Å². The topological polar surface area (TPSA) is 69.8 Å². The third kappa shape index (κ3) is 3.05. The lowest BCUT2D eigenvalue weighted by Gasteiger charge is -2.26. The van der Waals surface area contributed by atoms with E-state index >= 15 is 0 Å². The van der Waals surface area contributed by atoms with E-state index in [4.69, 9.17) is 0 Å². The van der Waals surface area contributed by atoms with E-state index in [0.717, 1.165) is 29.9 Å². The number of rotatable bonds is 5. The molecule has 0 spiro atoms. The Morgan fingerprint density at radius 1 is 1.25 bits per heavy atom. The van der Waals surface area contributed by atoms with Gasteiger partial charge in [-0.3, -0.25) is 9.89 Å². The lowest BCUT2D eigenvalue weighted by molar-refractivity contribution is -0.122. The molecular weight excluding hydrogens is 252 g/mol. The van der Waals surface area contributed by atoms with E-state index in [1.165, 1.54) is 0 Å². The number of H-pyrrole nitrogens is 1. The fourth-order valence-electron chi connectivity index (χ4n) is 2.25. The second-order valence-corrected chi connectivity index (χ2v) is 5.17. The molecule has 2 aromatic rings. The average Bonchev–Trinajstić information content (AvgIpc) is 2.95. The summed E-state index contributed by atoms with van der Waals surface area (Å²) < 4.78 is 0. The first-order chi connectivity index (χ1) is 9.81. The molecule has 0 bridgehead atoms. The summed E-state index contributed by atoms with van der Waals surface area (Å²) in [6.07, 6.45) is 2.36. The molecule has 2 heterocycles. The minimum atomic E-state index is 0.133. The van der Waals surface area contributed by atoms with Crippen LogP contribution in [0.4, 0.5) is 0 Å². The zero-order valence-corrected chi connectivity index (χ0v) is 11.2. The van der Waals surface area contributed by atoms with Crippen LogP contribution in [0.25, 0.3) is 11.3 Å². The number of hydrogen-bond acceptors (Lipinski definition) is 3. The highest BCUT2D eigenvalue weighted by atomic mass is 16.1. The first-order valence-electron chi connectivity index (χ1n) is 6.87. The fourth-order valence-corrected chi connectivity index (χ4v) is 2.25. The number of aromatic nitrogens is 2. The third-order valence-electron chi connectivity index (χ3n) is 3.60. The molecule has 0 unspecified atom stereocenters. The van der Waals surface area contributed by atoms with Gasteiger partial charge in [-0.15, -0.1) is 0 Å². The minimum Gasteiger partial charge on any atom is -0.352 e. The Bertz CT molecular complexity index is 558. The molecule has 1 aliphatic heterocycles. The first-order valence-corrected chi connectivity index (χ1v) is 6.87. The predicted molar refractivity (Wildman–Crippen MR) is 76.8 cm³/mol. The highest BCUT2D eigenvalue weighted by Gasteiger charge is 2.19. The second kappa shape index (κ2) is 5.88. The molecule has 1 amide bonds. The largest absolute Gasteiger partial charge is 0.352 e. The van der Waals surface area contributed by atoms with Crippen LogP contribution in [-0.4, -0.2) is 29.2 Å². The van der Waals surface area contributed by atoms with Crippen molar-refractivity contribution in [3.63, 3.8) is 0 Å². The van der Waals surface area contributed by atoms with Crippen molar-refractivity contribution >= 4 is 5.91 Å². The Hall–Kier alpha value is -2.14. The van der Waals surface area contributed by atoms with Crippen LogP contribution in [0.5, 0.6) is 0 Å². The van der Waals surface area contributed by atoms with E-state index in [2.05, 4.69) is 20.8 Å². The summed E-state index contributed by atoms with van der Waals surface area (Å²) in [4.78, 5) is 11.7. The number of carbonyl (C=O) groups excluding carboxylic acids is 1. The average molecular weight is 270 g/mol. The van der Waals surface area contributed by atoms with Crippen molar-refractivity contribution in [3.05, 3.63) is 42.1 Å². The van der Waals surface area contributed by atoms with Crippen LogP contribution in [0.3, 0.4) is 0 Å². The summed E-state index contributed by atoms with van der Waals surface area (Å²) in [6, 6.07) is 10.1. The number of benzene rings is 1. The van der Waals surface area contributed by atoms with Crippen molar-refractivity contribution in [2.45, 2.75) is 13.0 Å². The maximum absolute atomic E-state index is 11.7. The van der Waals surface area contributed by atoms with E-state index in [1.54, 1.807) is 6.20 Å². The smallest absolute Gasteiger partial charge is 0.220 e. The van der Waals surface area contributed by atoms with Crippen molar-refractivity contribution in [1.82, 2.24) is 20.8 Å². The molecule has 20 heavy (non-hydrogen) atoms. The van der Waals surface area contributed by atoms with Crippen LogP contribution in [0.1, 0.15) is 12.0 Å². The van der Waals surface area contributed by atoms with Crippen LogP contribution in [0, 0.1) is 5.92 Å². The van der Waals surface area contributed by atoms with Gasteiger partial charge in [0.2, 0.25) is 5.91 Å². The molecule has 3 rings (SSSR count). The minimum absolute atomic E-state index is 0.133. The number of amides is 1. The summed E-state index contributed by atoms with van der Waals surface area (Å²) in [5.41, 5.74) is 3.20. The first kappa shape index (κ1) is 12.9. The van der Waals surface area contributed by atoms with E-state index in [1.807, 2.05) is 30.3 Å². The molecule has 0 radical (unpaired) electrons. The van der Waals surface area contributed by atoms with E-state index < -0.39 is 0 Å². The van der Waals surface area contributed by atoms with Crippen molar-refractivity contribution in [2.75, 3.05) is 13.1 Å². The molecule has 104 valence electrons. The molecule has 1 aliphatic rings. The van der Waals surface area contributed by atoms with Gasteiger partial charge in [0.15, 0.2) is 0 Å². The predicted octanol–water partition coefficient (Wildman–Crippen LogP) is 1.30. The molecule has 5 heteroatoms. The Balaban J connectivity index is 1.51.